The lowest BCUT2D eigenvalue weighted by molar-refractivity contribution is -0.120. The molecule has 3 heteroatoms. The van der Waals surface area contributed by atoms with Crippen LogP contribution in [0.4, 0.5) is 0 Å². The van der Waals surface area contributed by atoms with E-state index in [1.54, 1.807) is 0 Å². The Bertz CT molecular complexity index is 151. The van der Waals surface area contributed by atoms with E-state index in [1.165, 1.54) is 0 Å². The molecule has 13 heavy (non-hydrogen) atoms. The van der Waals surface area contributed by atoms with Gasteiger partial charge in [0.2, 0.25) is 9.76 Å². The zero-order valence-corrected chi connectivity index (χ0v) is 11.1. The second kappa shape index (κ2) is 4.27. The predicted molar refractivity (Wildman–Crippen MR) is 58.4 cm³/mol. The quantitative estimate of drug-likeness (QED) is 0.517. The van der Waals surface area contributed by atoms with Gasteiger partial charge in [-0.05, 0) is 16.4 Å². The highest BCUT2D eigenvalue weighted by atomic mass is 28.2. The maximum absolute atomic E-state index is 10.2. The number of carbonyl (C=O) groups excluding carboxylic acids is 1. The fraction of sp³-hybridized carbons (Fsp3) is 0.900. The van der Waals surface area contributed by atoms with Crippen molar-refractivity contribution in [3.63, 3.8) is 0 Å². The summed E-state index contributed by atoms with van der Waals surface area (Å²) in [5.41, 5.74) is 0.978. The molecule has 0 unspecified atom stereocenters. The van der Waals surface area contributed by atoms with Gasteiger partial charge in [0.15, 0.2) is 0 Å². The molecule has 0 spiro atoms. The van der Waals surface area contributed by atoms with E-state index in [0.717, 1.165) is 0 Å². The molecular weight excluding hydrogens is 180 g/mol. The summed E-state index contributed by atoms with van der Waals surface area (Å²) in [4.78, 5) is 10.2. The molecule has 0 rings (SSSR count). The first kappa shape index (κ1) is 12.7. The zero-order valence-electron chi connectivity index (χ0n) is 9.68. The summed E-state index contributed by atoms with van der Waals surface area (Å²) in [6.45, 7) is 13.9. The Kier molecular flexibility index (Phi) is 4.16. The van der Waals surface area contributed by atoms with Gasteiger partial charge in [-0.1, -0.05) is 41.5 Å². The summed E-state index contributed by atoms with van der Waals surface area (Å²) in [5, 5.41) is 0. The third-order valence-electron chi connectivity index (χ3n) is 2.42. The van der Waals surface area contributed by atoms with Crippen LogP contribution in [0.3, 0.4) is 0 Å². The molecule has 0 aromatic carbocycles. The van der Waals surface area contributed by atoms with E-state index in [-0.39, 0.29) is 10.8 Å². The fourth-order valence-electron chi connectivity index (χ4n) is 1.93. The summed E-state index contributed by atoms with van der Waals surface area (Å²) in [6.07, 6.45) is 0. The molecule has 0 N–H and O–H groups in total. The summed E-state index contributed by atoms with van der Waals surface area (Å²) >= 11 is 0. The van der Waals surface area contributed by atoms with Crippen LogP contribution >= 0.6 is 0 Å². The van der Waals surface area contributed by atoms with Crippen LogP contribution in [0.2, 0.25) is 5.54 Å². The van der Waals surface area contributed by atoms with Crippen molar-refractivity contribution in [3.8, 4) is 0 Å². The van der Waals surface area contributed by atoms with Gasteiger partial charge in [-0.15, -0.1) is 0 Å². The second-order valence-electron chi connectivity index (χ2n) is 5.71. The SMILES string of the molecule is CC(C)(C)C([SiH2]OC=O)C(C)(C)C. The van der Waals surface area contributed by atoms with Gasteiger partial charge in [0.05, 0.1) is 0 Å². The van der Waals surface area contributed by atoms with Gasteiger partial charge in [0, 0.05) is 0 Å². The molecule has 0 fully saturated rings. The molecule has 0 aromatic heterocycles. The van der Waals surface area contributed by atoms with E-state index in [2.05, 4.69) is 41.5 Å². The van der Waals surface area contributed by atoms with Gasteiger partial charge < -0.3 is 4.43 Å². The molecule has 0 atom stereocenters. The smallest absolute Gasteiger partial charge is 0.279 e. The molecule has 0 aliphatic heterocycles. The van der Waals surface area contributed by atoms with Gasteiger partial charge in [0.1, 0.15) is 0 Å². The fourth-order valence-corrected chi connectivity index (χ4v) is 3.21. The predicted octanol–water partition coefficient (Wildman–Crippen LogP) is 2.12. The molecule has 0 heterocycles. The first-order valence-corrected chi connectivity index (χ1v) is 6.14. The second-order valence-corrected chi connectivity index (χ2v) is 7.20. The summed E-state index contributed by atoms with van der Waals surface area (Å²) in [7, 11) is -0.751. The molecule has 0 amide bonds. The van der Waals surface area contributed by atoms with Crippen LogP contribution in [0, 0.1) is 10.8 Å². The Hall–Kier alpha value is -0.313. The summed E-state index contributed by atoms with van der Waals surface area (Å²) in [5.74, 6) is 0. The molecule has 0 radical (unpaired) electrons. The molecule has 0 saturated heterocycles. The highest BCUT2D eigenvalue weighted by molar-refractivity contribution is 6.32. The average Bonchev–Trinajstić information content (AvgIpc) is 1.81. The van der Waals surface area contributed by atoms with E-state index >= 15 is 0 Å². The maximum atomic E-state index is 10.2. The third kappa shape index (κ3) is 4.46. The third-order valence-corrected chi connectivity index (χ3v) is 5.53. The summed E-state index contributed by atoms with van der Waals surface area (Å²) in [6, 6.07) is 0. The first-order valence-electron chi connectivity index (χ1n) is 4.75. The van der Waals surface area contributed by atoms with Crippen LogP contribution in [0.25, 0.3) is 0 Å². The van der Waals surface area contributed by atoms with Crippen LogP contribution < -0.4 is 0 Å². The van der Waals surface area contributed by atoms with Gasteiger partial charge in [-0.25, -0.2) is 0 Å². The molecule has 0 aliphatic carbocycles. The van der Waals surface area contributed by atoms with Crippen molar-refractivity contribution >= 4 is 16.2 Å². The Morgan fingerprint density at radius 2 is 1.46 bits per heavy atom. The minimum absolute atomic E-state index is 0.230. The molecule has 0 bridgehead atoms. The van der Waals surface area contributed by atoms with Gasteiger partial charge in [-0.2, -0.15) is 0 Å². The van der Waals surface area contributed by atoms with Crippen molar-refractivity contribution in [1.29, 1.82) is 0 Å². The molecular formula is C10H22O2Si. The van der Waals surface area contributed by atoms with Crippen LogP contribution in [-0.4, -0.2) is 16.2 Å². The lowest BCUT2D eigenvalue weighted by Crippen LogP contribution is -2.32. The van der Waals surface area contributed by atoms with Gasteiger partial charge >= 0.3 is 0 Å². The highest BCUT2D eigenvalue weighted by Gasteiger charge is 2.35. The van der Waals surface area contributed by atoms with Crippen molar-refractivity contribution in [3.05, 3.63) is 0 Å². The Morgan fingerprint density at radius 3 is 1.69 bits per heavy atom. The van der Waals surface area contributed by atoms with Crippen molar-refractivity contribution in [2.45, 2.75) is 47.1 Å². The molecule has 0 aliphatic rings. The monoisotopic (exact) mass is 202 g/mol. The van der Waals surface area contributed by atoms with Crippen LogP contribution in [-0.2, 0) is 9.22 Å². The minimum Gasteiger partial charge on any atom is -0.527 e. The number of hydrogen-bond acceptors (Lipinski definition) is 2. The van der Waals surface area contributed by atoms with Crippen LogP contribution in [0.5, 0.6) is 0 Å². The lowest BCUT2D eigenvalue weighted by atomic mass is 9.77. The number of rotatable bonds is 3. The van der Waals surface area contributed by atoms with E-state index in [4.69, 9.17) is 4.43 Å². The molecule has 0 saturated carbocycles. The lowest BCUT2D eigenvalue weighted by Gasteiger charge is -2.39. The number of carbonyl (C=O) groups is 1. The number of hydrogen-bond donors (Lipinski definition) is 0. The largest absolute Gasteiger partial charge is 0.527 e. The summed E-state index contributed by atoms with van der Waals surface area (Å²) < 4.78 is 5.01. The minimum atomic E-state index is -0.751. The molecule has 2 nitrogen and oxygen atoms in total. The van der Waals surface area contributed by atoms with Gasteiger partial charge in [-0.3, -0.25) is 4.79 Å². The van der Waals surface area contributed by atoms with Crippen molar-refractivity contribution in [2.24, 2.45) is 10.8 Å². The standard InChI is InChI=1S/C10H22O2Si/c1-9(2,3)8(10(4,5)6)13-12-7-11/h7-8H,13H2,1-6H3. The Morgan fingerprint density at radius 1 is 1.08 bits per heavy atom. The Labute approximate surface area is 84.0 Å². The molecule has 78 valence electrons. The molecule has 0 aromatic rings. The normalized spacial score (nSPS) is 14.1. The van der Waals surface area contributed by atoms with Crippen LogP contribution in [0.15, 0.2) is 0 Å². The van der Waals surface area contributed by atoms with Crippen molar-refractivity contribution in [2.75, 3.05) is 0 Å². The van der Waals surface area contributed by atoms with Crippen molar-refractivity contribution in [1.82, 2.24) is 0 Å². The van der Waals surface area contributed by atoms with Gasteiger partial charge in [0.25, 0.3) is 6.47 Å². The van der Waals surface area contributed by atoms with E-state index in [9.17, 15) is 4.79 Å². The van der Waals surface area contributed by atoms with Crippen LogP contribution in [0.1, 0.15) is 41.5 Å². The zero-order chi connectivity index (χ0) is 10.7. The highest BCUT2D eigenvalue weighted by Crippen LogP contribution is 2.44. The van der Waals surface area contributed by atoms with E-state index in [0.29, 0.717) is 12.0 Å². The average molecular weight is 202 g/mol. The Balaban J connectivity index is 4.47. The van der Waals surface area contributed by atoms with Crippen molar-refractivity contribution < 1.29 is 9.22 Å². The van der Waals surface area contributed by atoms with E-state index < -0.39 is 9.76 Å². The first-order chi connectivity index (χ1) is 5.69. The van der Waals surface area contributed by atoms with E-state index in [1.807, 2.05) is 0 Å². The maximum Gasteiger partial charge on any atom is 0.279 e. The topological polar surface area (TPSA) is 26.3 Å².